The highest BCUT2D eigenvalue weighted by Gasteiger charge is 2.10. The topological polar surface area (TPSA) is 92.9 Å². The first kappa shape index (κ1) is 26.5. The van der Waals surface area contributed by atoms with Crippen LogP contribution in [0.15, 0.2) is 65.9 Å². The number of nitrogens with zero attached hydrogens (tertiary/aromatic N) is 3. The summed E-state index contributed by atoms with van der Waals surface area (Å²) in [4.78, 5) is 4.73. The van der Waals surface area contributed by atoms with Gasteiger partial charge in [0, 0.05) is 18.9 Å². The number of aliphatic imine (C=N–C) groups is 1. The lowest BCUT2D eigenvalue weighted by molar-refractivity contribution is 0.196. The van der Waals surface area contributed by atoms with Crippen molar-refractivity contribution in [2.45, 2.75) is 26.4 Å². The lowest BCUT2D eigenvalue weighted by Crippen LogP contribution is -2.38. The van der Waals surface area contributed by atoms with E-state index in [0.29, 0.717) is 18.0 Å². The summed E-state index contributed by atoms with van der Waals surface area (Å²) in [6.45, 7) is 5.55. The van der Waals surface area contributed by atoms with Crippen LogP contribution in [0, 0.1) is 0 Å². The summed E-state index contributed by atoms with van der Waals surface area (Å²) in [5, 5.41) is 20.0. The molecular formula is C24H32IN5O3. The van der Waals surface area contributed by atoms with E-state index in [1.807, 2.05) is 54.2 Å². The zero-order valence-corrected chi connectivity index (χ0v) is 21.5. The van der Waals surface area contributed by atoms with Crippen LogP contribution in [0.4, 0.5) is 0 Å². The number of aliphatic hydroxyl groups is 1. The molecule has 0 radical (unpaired) electrons. The van der Waals surface area contributed by atoms with Gasteiger partial charge in [0.25, 0.3) is 0 Å². The normalized spacial score (nSPS) is 11.9. The average Bonchev–Trinajstić information content (AvgIpc) is 3.36. The third-order valence-corrected chi connectivity index (χ3v) is 4.83. The number of nitrogens with one attached hydrogen (secondary N) is 2. The van der Waals surface area contributed by atoms with Gasteiger partial charge in [-0.25, -0.2) is 9.67 Å². The molecule has 0 aliphatic rings. The van der Waals surface area contributed by atoms with Crippen LogP contribution in [-0.4, -0.2) is 47.7 Å². The lowest BCUT2D eigenvalue weighted by Gasteiger charge is -2.19. The number of halogens is 1. The molecule has 0 fully saturated rings. The van der Waals surface area contributed by atoms with Gasteiger partial charge < -0.3 is 25.2 Å². The van der Waals surface area contributed by atoms with E-state index in [1.54, 1.807) is 13.3 Å². The van der Waals surface area contributed by atoms with Crippen LogP contribution in [0.2, 0.25) is 0 Å². The summed E-state index contributed by atoms with van der Waals surface area (Å²) < 4.78 is 12.7. The Hall–Kier alpha value is -2.79. The second-order valence-corrected chi connectivity index (χ2v) is 7.16. The molecule has 8 nitrogen and oxygen atoms in total. The molecule has 3 rings (SSSR count). The number of hydrogen-bond donors (Lipinski definition) is 3. The summed E-state index contributed by atoms with van der Waals surface area (Å²) in [5.41, 5.74) is 3.14. The highest BCUT2D eigenvalue weighted by molar-refractivity contribution is 14.0. The molecule has 0 spiro atoms. The van der Waals surface area contributed by atoms with Gasteiger partial charge in [-0.3, -0.25) is 0 Å². The number of guanidine groups is 1. The number of aromatic nitrogens is 2. The number of rotatable bonds is 10. The molecule has 3 N–H and O–H groups in total. The molecular weight excluding hydrogens is 533 g/mol. The zero-order chi connectivity index (χ0) is 22.8. The Morgan fingerprint density at radius 2 is 2.03 bits per heavy atom. The molecule has 1 heterocycles. The van der Waals surface area contributed by atoms with Gasteiger partial charge in [-0.1, -0.05) is 18.2 Å². The zero-order valence-electron chi connectivity index (χ0n) is 19.2. The van der Waals surface area contributed by atoms with Crippen LogP contribution in [0.3, 0.4) is 0 Å². The first-order chi connectivity index (χ1) is 15.6. The highest BCUT2D eigenvalue weighted by atomic mass is 127. The van der Waals surface area contributed by atoms with Crippen LogP contribution in [0.1, 0.15) is 31.0 Å². The largest absolute Gasteiger partial charge is 0.493 e. The van der Waals surface area contributed by atoms with E-state index in [4.69, 9.17) is 19.6 Å². The summed E-state index contributed by atoms with van der Waals surface area (Å²) in [5.74, 6) is 1.95. The van der Waals surface area contributed by atoms with Gasteiger partial charge in [0.1, 0.15) is 6.61 Å². The molecule has 0 aliphatic carbocycles. The Balaban J connectivity index is 0.00000385. The van der Waals surface area contributed by atoms with Gasteiger partial charge in [0.15, 0.2) is 17.5 Å². The predicted molar refractivity (Wildman–Crippen MR) is 141 cm³/mol. The molecule has 0 saturated heterocycles. The van der Waals surface area contributed by atoms with Gasteiger partial charge >= 0.3 is 0 Å². The number of aliphatic hydroxyl groups excluding tert-OH is 1. The fraction of sp³-hybridized carbons (Fsp3) is 0.333. The molecule has 9 heteroatoms. The van der Waals surface area contributed by atoms with E-state index in [1.165, 1.54) is 0 Å². The summed E-state index contributed by atoms with van der Waals surface area (Å²) in [6.07, 6.45) is 3.70. The molecule has 0 saturated carbocycles. The summed E-state index contributed by atoms with van der Waals surface area (Å²) in [7, 11) is 1.60. The van der Waals surface area contributed by atoms with E-state index in [9.17, 15) is 0 Å². The Labute approximate surface area is 212 Å². The Morgan fingerprint density at radius 1 is 1.18 bits per heavy atom. The van der Waals surface area contributed by atoms with E-state index in [0.717, 1.165) is 29.3 Å². The maximum atomic E-state index is 8.96. The van der Waals surface area contributed by atoms with Crippen molar-refractivity contribution >= 4 is 29.9 Å². The maximum absolute atomic E-state index is 8.96. The molecule has 178 valence electrons. The lowest BCUT2D eigenvalue weighted by atomic mass is 10.1. The van der Waals surface area contributed by atoms with Crippen LogP contribution >= 0.6 is 24.0 Å². The fourth-order valence-electron chi connectivity index (χ4n) is 3.22. The molecule has 1 aromatic heterocycles. The Morgan fingerprint density at radius 3 is 2.73 bits per heavy atom. The fourth-order valence-corrected chi connectivity index (χ4v) is 3.22. The van der Waals surface area contributed by atoms with Gasteiger partial charge in [-0.2, -0.15) is 5.10 Å². The van der Waals surface area contributed by atoms with E-state index in [2.05, 4.69) is 34.8 Å². The average molecular weight is 565 g/mol. The second-order valence-electron chi connectivity index (χ2n) is 7.16. The molecule has 2 aromatic carbocycles. The Bertz CT molecular complexity index is 1010. The Kier molecular flexibility index (Phi) is 11.0. The van der Waals surface area contributed by atoms with Gasteiger partial charge in [0.2, 0.25) is 0 Å². The van der Waals surface area contributed by atoms with Gasteiger partial charge in [-0.05, 0) is 55.3 Å². The van der Waals surface area contributed by atoms with Crippen molar-refractivity contribution in [1.82, 2.24) is 20.4 Å². The number of methoxy groups -OCH3 is 1. The molecule has 33 heavy (non-hydrogen) atoms. The van der Waals surface area contributed by atoms with Crippen LogP contribution in [0.25, 0.3) is 5.69 Å². The van der Waals surface area contributed by atoms with Gasteiger partial charge in [0.05, 0.1) is 32.0 Å². The smallest absolute Gasteiger partial charge is 0.192 e. The molecule has 0 aliphatic heterocycles. The number of hydrogen-bond acceptors (Lipinski definition) is 5. The minimum absolute atomic E-state index is 0. The summed E-state index contributed by atoms with van der Waals surface area (Å²) >= 11 is 0. The quantitative estimate of drug-likeness (QED) is 0.197. The molecule has 3 aromatic rings. The van der Waals surface area contributed by atoms with Gasteiger partial charge in [-0.15, -0.1) is 24.0 Å². The third-order valence-electron chi connectivity index (χ3n) is 4.83. The van der Waals surface area contributed by atoms with Crippen molar-refractivity contribution in [3.63, 3.8) is 0 Å². The predicted octanol–water partition coefficient (Wildman–Crippen LogP) is 3.69. The standard InChI is InChI=1S/C24H31N5O3.HI/c1-4-25-24(26-17-19-9-10-22(32-14-13-30)23(15-19)31-3)28-18(2)20-7-5-8-21(16-20)29-12-6-11-27-29;/h5-12,15-16,18,30H,4,13-14,17H2,1-3H3,(H2,25,26,28);1H. The minimum atomic E-state index is -0.0457. The number of ether oxygens (including phenoxy) is 2. The van der Waals surface area contributed by atoms with Crippen molar-refractivity contribution < 1.29 is 14.6 Å². The van der Waals surface area contributed by atoms with Crippen LogP contribution in [-0.2, 0) is 6.54 Å². The monoisotopic (exact) mass is 565 g/mol. The van der Waals surface area contributed by atoms with Crippen molar-refractivity contribution in [3.8, 4) is 17.2 Å². The van der Waals surface area contributed by atoms with Crippen molar-refractivity contribution in [1.29, 1.82) is 0 Å². The maximum Gasteiger partial charge on any atom is 0.192 e. The van der Waals surface area contributed by atoms with E-state index < -0.39 is 0 Å². The van der Waals surface area contributed by atoms with Crippen LogP contribution in [0.5, 0.6) is 11.5 Å². The van der Waals surface area contributed by atoms with Crippen molar-refractivity contribution in [3.05, 3.63) is 72.1 Å². The first-order valence-electron chi connectivity index (χ1n) is 10.7. The summed E-state index contributed by atoms with van der Waals surface area (Å²) in [6, 6.07) is 15.9. The molecule has 0 bridgehead atoms. The minimum Gasteiger partial charge on any atom is -0.493 e. The van der Waals surface area contributed by atoms with E-state index in [-0.39, 0.29) is 43.2 Å². The van der Waals surface area contributed by atoms with Crippen LogP contribution < -0.4 is 20.1 Å². The van der Waals surface area contributed by atoms with Crippen molar-refractivity contribution in [2.24, 2.45) is 4.99 Å². The highest BCUT2D eigenvalue weighted by Crippen LogP contribution is 2.28. The third kappa shape index (κ3) is 7.64. The first-order valence-corrected chi connectivity index (χ1v) is 10.7. The number of benzene rings is 2. The van der Waals surface area contributed by atoms with Crippen molar-refractivity contribution in [2.75, 3.05) is 26.9 Å². The molecule has 1 unspecified atom stereocenters. The molecule has 0 amide bonds. The SMILES string of the molecule is CCNC(=NCc1ccc(OCCO)c(OC)c1)NC(C)c1cccc(-n2cccn2)c1.I. The van der Waals surface area contributed by atoms with E-state index >= 15 is 0 Å². The second kappa shape index (κ2) is 13.7. The molecule has 1 atom stereocenters.